The lowest BCUT2D eigenvalue weighted by molar-refractivity contribution is -0.128. The second kappa shape index (κ2) is 6.36. The average molecular weight is 241 g/mol. The van der Waals surface area contributed by atoms with E-state index in [9.17, 15) is 4.79 Å². The molecular weight excluding hydrogens is 218 g/mol. The number of hydrogen-bond acceptors (Lipinski definition) is 3. The fourth-order valence-electron chi connectivity index (χ4n) is 2.31. The minimum absolute atomic E-state index is 0.0150. The second-order valence-electron chi connectivity index (χ2n) is 5.38. The van der Waals surface area contributed by atoms with Crippen LogP contribution >= 0.6 is 0 Å². The molecule has 0 saturated heterocycles. The molecular formula is C13H23NO3. The largest absolute Gasteiger partial charge is 0.396 e. The third-order valence-electron chi connectivity index (χ3n) is 3.79. The van der Waals surface area contributed by atoms with Gasteiger partial charge in [0.05, 0.1) is 6.10 Å². The minimum Gasteiger partial charge on any atom is -0.396 e. The molecule has 2 aliphatic carbocycles. The molecule has 0 aromatic rings. The van der Waals surface area contributed by atoms with Crippen LogP contribution in [0.1, 0.15) is 38.5 Å². The van der Waals surface area contributed by atoms with Crippen molar-refractivity contribution in [3.05, 3.63) is 0 Å². The Labute approximate surface area is 103 Å². The first-order valence-corrected chi connectivity index (χ1v) is 6.77. The third kappa shape index (κ3) is 4.64. The maximum atomic E-state index is 11.5. The molecule has 98 valence electrons. The summed E-state index contributed by atoms with van der Waals surface area (Å²) in [5, 5.41) is 11.9. The Morgan fingerprint density at radius 3 is 2.35 bits per heavy atom. The number of aliphatic hydroxyl groups excluding tert-OH is 1. The van der Waals surface area contributed by atoms with Crippen LogP contribution in [0.5, 0.6) is 0 Å². The molecule has 0 heterocycles. The first-order chi connectivity index (χ1) is 8.28. The molecule has 2 aliphatic rings. The Balaban J connectivity index is 1.53. The summed E-state index contributed by atoms with van der Waals surface area (Å²) in [5.74, 6) is 1.18. The fourth-order valence-corrected chi connectivity index (χ4v) is 2.31. The maximum absolute atomic E-state index is 11.5. The van der Waals surface area contributed by atoms with Crippen molar-refractivity contribution in [3.63, 3.8) is 0 Å². The molecule has 0 aromatic heterocycles. The summed E-state index contributed by atoms with van der Waals surface area (Å²) < 4.78 is 5.60. The van der Waals surface area contributed by atoms with E-state index in [1.54, 1.807) is 0 Å². The molecule has 4 nitrogen and oxygen atoms in total. The molecule has 4 heteroatoms. The number of hydrogen-bond donors (Lipinski definition) is 2. The lowest BCUT2D eigenvalue weighted by Gasteiger charge is -2.27. The van der Waals surface area contributed by atoms with Gasteiger partial charge in [0.1, 0.15) is 6.61 Å². The van der Waals surface area contributed by atoms with Gasteiger partial charge in [-0.3, -0.25) is 4.79 Å². The molecule has 2 fully saturated rings. The van der Waals surface area contributed by atoms with E-state index in [1.165, 1.54) is 12.8 Å². The van der Waals surface area contributed by atoms with Crippen molar-refractivity contribution in [3.8, 4) is 0 Å². The van der Waals surface area contributed by atoms with Gasteiger partial charge >= 0.3 is 0 Å². The topological polar surface area (TPSA) is 58.6 Å². The van der Waals surface area contributed by atoms with Crippen LogP contribution < -0.4 is 5.32 Å². The fraction of sp³-hybridized carbons (Fsp3) is 0.923. The summed E-state index contributed by atoms with van der Waals surface area (Å²) in [4.78, 5) is 11.5. The number of aliphatic hydroxyl groups is 1. The standard InChI is InChI=1S/C13H23NO3/c15-8-11-3-5-12(6-4-11)17-9-13(16)14-7-10-1-2-10/h10-12,15H,1-9H2,(H,14,16). The summed E-state index contributed by atoms with van der Waals surface area (Å²) in [6.07, 6.45) is 6.71. The summed E-state index contributed by atoms with van der Waals surface area (Å²) in [5.41, 5.74) is 0. The average Bonchev–Trinajstić information content (AvgIpc) is 3.18. The third-order valence-corrected chi connectivity index (χ3v) is 3.79. The van der Waals surface area contributed by atoms with Gasteiger partial charge in [0, 0.05) is 13.2 Å². The highest BCUT2D eigenvalue weighted by molar-refractivity contribution is 5.77. The molecule has 0 aliphatic heterocycles. The zero-order valence-corrected chi connectivity index (χ0v) is 10.4. The van der Waals surface area contributed by atoms with Crippen LogP contribution in [0.25, 0.3) is 0 Å². The molecule has 2 rings (SSSR count). The van der Waals surface area contributed by atoms with Crippen LogP contribution in [-0.2, 0) is 9.53 Å². The number of nitrogens with one attached hydrogen (secondary N) is 1. The molecule has 2 N–H and O–H groups in total. The monoisotopic (exact) mass is 241 g/mol. The van der Waals surface area contributed by atoms with E-state index in [2.05, 4.69) is 5.32 Å². The van der Waals surface area contributed by atoms with Crippen LogP contribution in [0.3, 0.4) is 0 Å². The van der Waals surface area contributed by atoms with Crippen molar-refractivity contribution in [2.45, 2.75) is 44.6 Å². The first-order valence-electron chi connectivity index (χ1n) is 6.77. The second-order valence-corrected chi connectivity index (χ2v) is 5.38. The van der Waals surface area contributed by atoms with Crippen molar-refractivity contribution >= 4 is 5.91 Å². The quantitative estimate of drug-likeness (QED) is 0.731. The van der Waals surface area contributed by atoms with E-state index < -0.39 is 0 Å². The van der Waals surface area contributed by atoms with E-state index in [1.807, 2.05) is 0 Å². The van der Waals surface area contributed by atoms with Gasteiger partial charge in [-0.1, -0.05) is 0 Å². The number of carbonyl (C=O) groups excluding carboxylic acids is 1. The van der Waals surface area contributed by atoms with Crippen LogP contribution in [0.2, 0.25) is 0 Å². The Bertz CT molecular complexity index is 245. The predicted molar refractivity (Wildman–Crippen MR) is 64.5 cm³/mol. The molecule has 1 amide bonds. The van der Waals surface area contributed by atoms with E-state index in [4.69, 9.17) is 9.84 Å². The predicted octanol–water partition coefficient (Wildman–Crippen LogP) is 1.08. The number of ether oxygens (including phenoxy) is 1. The normalized spacial score (nSPS) is 29.0. The molecule has 0 aromatic carbocycles. The molecule has 0 atom stereocenters. The van der Waals surface area contributed by atoms with Gasteiger partial charge in [-0.15, -0.1) is 0 Å². The van der Waals surface area contributed by atoms with E-state index in [-0.39, 0.29) is 25.2 Å². The van der Waals surface area contributed by atoms with Crippen LogP contribution in [-0.4, -0.2) is 36.9 Å². The van der Waals surface area contributed by atoms with Gasteiger partial charge in [-0.25, -0.2) is 0 Å². The Kier molecular flexibility index (Phi) is 4.80. The van der Waals surface area contributed by atoms with Crippen LogP contribution in [0.15, 0.2) is 0 Å². The molecule has 0 bridgehead atoms. The zero-order valence-electron chi connectivity index (χ0n) is 10.4. The van der Waals surface area contributed by atoms with Crippen LogP contribution in [0, 0.1) is 11.8 Å². The molecule has 2 saturated carbocycles. The Morgan fingerprint density at radius 2 is 1.76 bits per heavy atom. The van der Waals surface area contributed by atoms with E-state index in [0.29, 0.717) is 5.92 Å². The van der Waals surface area contributed by atoms with Crippen molar-refractivity contribution in [2.75, 3.05) is 19.8 Å². The zero-order chi connectivity index (χ0) is 12.1. The van der Waals surface area contributed by atoms with Crippen molar-refractivity contribution < 1.29 is 14.6 Å². The van der Waals surface area contributed by atoms with Gasteiger partial charge < -0.3 is 15.2 Å². The number of carbonyl (C=O) groups is 1. The van der Waals surface area contributed by atoms with E-state index >= 15 is 0 Å². The molecule has 0 radical (unpaired) electrons. The maximum Gasteiger partial charge on any atom is 0.246 e. The molecule has 0 spiro atoms. The Hall–Kier alpha value is -0.610. The lowest BCUT2D eigenvalue weighted by atomic mass is 9.88. The van der Waals surface area contributed by atoms with Crippen molar-refractivity contribution in [1.29, 1.82) is 0 Å². The number of amides is 1. The smallest absolute Gasteiger partial charge is 0.246 e. The van der Waals surface area contributed by atoms with E-state index in [0.717, 1.165) is 38.1 Å². The van der Waals surface area contributed by atoms with Crippen molar-refractivity contribution in [1.82, 2.24) is 5.32 Å². The lowest BCUT2D eigenvalue weighted by Crippen LogP contribution is -2.32. The number of rotatable bonds is 6. The van der Waals surface area contributed by atoms with Gasteiger partial charge in [0.2, 0.25) is 5.91 Å². The SMILES string of the molecule is O=C(COC1CCC(CO)CC1)NCC1CC1. The highest BCUT2D eigenvalue weighted by atomic mass is 16.5. The van der Waals surface area contributed by atoms with Crippen molar-refractivity contribution in [2.24, 2.45) is 11.8 Å². The minimum atomic E-state index is 0.0150. The summed E-state index contributed by atoms with van der Waals surface area (Å²) in [7, 11) is 0. The summed E-state index contributed by atoms with van der Waals surface area (Å²) in [6, 6.07) is 0. The summed E-state index contributed by atoms with van der Waals surface area (Å²) in [6.45, 7) is 1.30. The van der Waals surface area contributed by atoms with Gasteiger partial charge in [0.15, 0.2) is 0 Å². The first kappa shape index (κ1) is 12.8. The van der Waals surface area contributed by atoms with Gasteiger partial charge in [-0.2, -0.15) is 0 Å². The van der Waals surface area contributed by atoms with Crippen LogP contribution in [0.4, 0.5) is 0 Å². The highest BCUT2D eigenvalue weighted by Gasteiger charge is 2.23. The molecule has 0 unspecified atom stereocenters. The van der Waals surface area contributed by atoms with Gasteiger partial charge in [-0.05, 0) is 50.4 Å². The van der Waals surface area contributed by atoms with Gasteiger partial charge in [0.25, 0.3) is 0 Å². The molecule has 17 heavy (non-hydrogen) atoms. The summed E-state index contributed by atoms with van der Waals surface area (Å²) >= 11 is 0. The Morgan fingerprint density at radius 1 is 1.12 bits per heavy atom. The highest BCUT2D eigenvalue weighted by Crippen LogP contribution is 2.27.